The van der Waals surface area contributed by atoms with E-state index in [1.807, 2.05) is 33.0 Å². The van der Waals surface area contributed by atoms with Gasteiger partial charge in [-0.1, -0.05) is 80.2 Å². The lowest BCUT2D eigenvalue weighted by Gasteiger charge is -2.14. The SMILES string of the molecule is C/C=C\C(N)=C(/N)CC.C=C(/C(CN)=c1/c2cc3ccccc3cc2n2c1c(C)c1ccccc12)c1ccccc1NC. The first-order chi connectivity index (χ1) is 20.9. The van der Waals surface area contributed by atoms with Crippen molar-refractivity contribution in [2.24, 2.45) is 17.2 Å². The van der Waals surface area contributed by atoms with Crippen LogP contribution in [-0.2, 0) is 0 Å². The van der Waals surface area contributed by atoms with Gasteiger partial charge in [0.15, 0.2) is 0 Å². The van der Waals surface area contributed by atoms with Gasteiger partial charge in [0.2, 0.25) is 0 Å². The van der Waals surface area contributed by atoms with E-state index in [9.17, 15) is 0 Å². The highest BCUT2D eigenvalue weighted by atomic mass is 14.9. The number of hydrogen-bond acceptors (Lipinski definition) is 4. The number of anilines is 1. The molecule has 0 aliphatic carbocycles. The van der Waals surface area contributed by atoms with Crippen LogP contribution in [0.4, 0.5) is 5.69 Å². The van der Waals surface area contributed by atoms with Gasteiger partial charge in [-0.25, -0.2) is 0 Å². The maximum Gasteiger partial charge on any atom is 0.0580 e. The van der Waals surface area contributed by atoms with Crippen LogP contribution in [0.25, 0.3) is 49.2 Å². The zero-order valence-corrected chi connectivity index (χ0v) is 25.5. The van der Waals surface area contributed by atoms with Crippen molar-refractivity contribution < 1.29 is 0 Å². The third-order valence-electron chi connectivity index (χ3n) is 8.23. The number of aryl methyl sites for hydroxylation is 1. The van der Waals surface area contributed by atoms with Gasteiger partial charge in [0, 0.05) is 46.5 Å². The Morgan fingerprint density at radius 2 is 1.53 bits per heavy atom. The molecule has 6 aromatic rings. The highest BCUT2D eigenvalue weighted by Crippen LogP contribution is 2.34. The Kier molecular flexibility index (Phi) is 8.56. The maximum absolute atomic E-state index is 6.51. The Bertz CT molecular complexity index is 2090. The maximum atomic E-state index is 6.51. The largest absolute Gasteiger partial charge is 0.400 e. The van der Waals surface area contributed by atoms with Gasteiger partial charge in [-0.3, -0.25) is 0 Å². The van der Waals surface area contributed by atoms with E-state index >= 15 is 0 Å². The van der Waals surface area contributed by atoms with Crippen molar-refractivity contribution in [2.45, 2.75) is 27.2 Å². The van der Waals surface area contributed by atoms with E-state index in [-0.39, 0.29) is 0 Å². The van der Waals surface area contributed by atoms with E-state index in [1.165, 1.54) is 48.9 Å². The molecule has 0 aliphatic heterocycles. The molecule has 0 saturated heterocycles. The molecule has 0 spiro atoms. The number of hydrogen-bond donors (Lipinski definition) is 4. The molecule has 43 heavy (non-hydrogen) atoms. The van der Waals surface area contributed by atoms with E-state index in [0.717, 1.165) is 34.5 Å². The van der Waals surface area contributed by atoms with Crippen LogP contribution in [-0.4, -0.2) is 18.0 Å². The molecular formula is C38H41N5. The number of allylic oxidation sites excluding steroid dienone is 3. The molecule has 2 aromatic heterocycles. The van der Waals surface area contributed by atoms with Gasteiger partial charge >= 0.3 is 0 Å². The first-order valence-electron chi connectivity index (χ1n) is 14.8. The number of rotatable bonds is 6. The monoisotopic (exact) mass is 567 g/mol. The highest BCUT2D eigenvalue weighted by Gasteiger charge is 2.20. The molecule has 0 unspecified atom stereocenters. The van der Waals surface area contributed by atoms with E-state index in [4.69, 9.17) is 17.2 Å². The third kappa shape index (κ3) is 5.24. The predicted octanol–water partition coefficient (Wildman–Crippen LogP) is 7.39. The standard InChI is InChI=1S/C31H27N3.C7H14N2/c1-19(23-12-6-8-14-27(23)33-3)26(18-32)30-25-16-21-10-4-5-11-22(21)17-29(25)34-28-15-9-7-13-24(28)20(2)31(30)34;1-3-5-7(9)6(8)4-2/h4-17,33H,1,18,32H2,2-3H3;3,5H,4,8-9H2,1-2H3/b30-26-;5-3-,7-6+. The van der Waals surface area contributed by atoms with Crippen molar-refractivity contribution in [3.63, 3.8) is 0 Å². The second kappa shape index (κ2) is 12.5. The predicted molar refractivity (Wildman–Crippen MR) is 188 cm³/mol. The number of aromatic nitrogens is 1. The lowest BCUT2D eigenvalue weighted by molar-refractivity contribution is 1.03. The summed E-state index contributed by atoms with van der Waals surface area (Å²) < 4.78 is 2.41. The van der Waals surface area contributed by atoms with Crippen molar-refractivity contribution in [1.82, 2.24) is 4.40 Å². The van der Waals surface area contributed by atoms with Gasteiger partial charge in [0.1, 0.15) is 0 Å². The number of nitrogens with zero attached hydrogens (tertiary/aromatic N) is 1. The molecule has 2 heterocycles. The minimum atomic E-state index is 0.402. The first kappa shape index (κ1) is 29.5. The second-order valence-electron chi connectivity index (χ2n) is 10.7. The van der Waals surface area contributed by atoms with Crippen molar-refractivity contribution in [1.29, 1.82) is 0 Å². The third-order valence-corrected chi connectivity index (χ3v) is 8.23. The topological polar surface area (TPSA) is 94.5 Å². The number of benzene rings is 4. The van der Waals surface area contributed by atoms with E-state index in [0.29, 0.717) is 12.2 Å². The smallest absolute Gasteiger partial charge is 0.0580 e. The summed E-state index contributed by atoms with van der Waals surface area (Å²) in [4.78, 5) is 0. The summed E-state index contributed by atoms with van der Waals surface area (Å²) in [7, 11) is 1.94. The Hall–Kier alpha value is -5.00. The summed E-state index contributed by atoms with van der Waals surface area (Å²) in [6, 6.07) is 30.1. The van der Waals surface area contributed by atoms with Crippen molar-refractivity contribution in [3.8, 4) is 0 Å². The van der Waals surface area contributed by atoms with Gasteiger partial charge in [0.05, 0.1) is 22.2 Å². The summed E-state index contributed by atoms with van der Waals surface area (Å²) in [5.74, 6) is 0. The fraction of sp³-hybridized carbons (Fsp3) is 0.158. The van der Waals surface area contributed by atoms with Gasteiger partial charge in [-0.05, 0) is 78.1 Å². The lowest BCUT2D eigenvalue weighted by atomic mass is 9.94. The molecule has 5 nitrogen and oxygen atoms in total. The molecule has 6 rings (SSSR count). The minimum Gasteiger partial charge on any atom is -0.400 e. The molecule has 218 valence electrons. The van der Waals surface area contributed by atoms with Gasteiger partial charge in [-0.15, -0.1) is 0 Å². The minimum absolute atomic E-state index is 0.402. The van der Waals surface area contributed by atoms with Crippen LogP contribution < -0.4 is 27.7 Å². The van der Waals surface area contributed by atoms with E-state index in [1.54, 1.807) is 6.08 Å². The van der Waals surface area contributed by atoms with Crippen LogP contribution in [0, 0.1) is 6.92 Å². The Morgan fingerprint density at radius 1 is 0.884 bits per heavy atom. The molecule has 4 aromatic carbocycles. The van der Waals surface area contributed by atoms with Crippen molar-refractivity contribution >= 4 is 54.9 Å². The zero-order valence-electron chi connectivity index (χ0n) is 25.5. The molecule has 5 heteroatoms. The van der Waals surface area contributed by atoms with Gasteiger partial charge in [-0.2, -0.15) is 0 Å². The molecule has 0 bridgehead atoms. The van der Waals surface area contributed by atoms with Crippen molar-refractivity contribution in [2.75, 3.05) is 18.9 Å². The highest BCUT2D eigenvalue weighted by molar-refractivity contribution is 6.11. The number of fused-ring (bicyclic) bond motifs is 6. The summed E-state index contributed by atoms with van der Waals surface area (Å²) >= 11 is 0. The number of nitrogens with two attached hydrogens (primary N) is 3. The fourth-order valence-electron chi connectivity index (χ4n) is 5.99. The van der Waals surface area contributed by atoms with Gasteiger partial charge < -0.3 is 26.9 Å². The average Bonchev–Trinajstić information content (AvgIpc) is 3.52. The molecule has 7 N–H and O–H groups in total. The van der Waals surface area contributed by atoms with Crippen LogP contribution in [0.15, 0.2) is 115 Å². The fourth-order valence-corrected chi connectivity index (χ4v) is 5.99. The molecule has 0 fully saturated rings. The van der Waals surface area contributed by atoms with Crippen LogP contribution >= 0.6 is 0 Å². The second-order valence-corrected chi connectivity index (χ2v) is 10.7. The number of nitrogens with one attached hydrogen (secondary N) is 1. The van der Waals surface area contributed by atoms with E-state index in [2.05, 4.69) is 102 Å². The van der Waals surface area contributed by atoms with Crippen LogP contribution in [0.1, 0.15) is 31.4 Å². The zero-order chi connectivity index (χ0) is 30.7. The summed E-state index contributed by atoms with van der Waals surface area (Å²) in [5.41, 5.74) is 28.0. The lowest BCUT2D eigenvalue weighted by Crippen LogP contribution is -2.16. The van der Waals surface area contributed by atoms with Crippen LogP contribution in [0.2, 0.25) is 0 Å². The van der Waals surface area contributed by atoms with Gasteiger partial charge in [0.25, 0.3) is 0 Å². The molecule has 0 saturated carbocycles. The van der Waals surface area contributed by atoms with Crippen LogP contribution in [0.3, 0.4) is 0 Å². The average molecular weight is 568 g/mol. The summed E-state index contributed by atoms with van der Waals surface area (Å²) in [6.45, 7) is 11.1. The first-order valence-corrected chi connectivity index (χ1v) is 14.8. The normalized spacial score (nSPS) is 13.0. The summed E-state index contributed by atoms with van der Waals surface area (Å²) in [6.07, 6.45) is 4.49. The summed E-state index contributed by atoms with van der Waals surface area (Å²) in [5, 5.41) is 9.44. The Balaban J connectivity index is 0.000000358. The molecule has 0 aliphatic rings. The molecule has 0 radical (unpaired) electrons. The molecule has 0 atom stereocenters. The number of para-hydroxylation sites is 2. The Morgan fingerprint density at radius 3 is 2.21 bits per heavy atom. The quantitative estimate of drug-likeness (QED) is 0.158. The Labute approximate surface area is 253 Å². The van der Waals surface area contributed by atoms with Crippen molar-refractivity contribution in [3.05, 3.63) is 131 Å². The van der Waals surface area contributed by atoms with E-state index < -0.39 is 0 Å². The van der Waals surface area contributed by atoms with Crippen LogP contribution in [0.5, 0.6) is 0 Å². The molecular weight excluding hydrogens is 526 g/mol. The molecule has 0 amide bonds.